The maximum atomic E-state index is 11.4. The lowest BCUT2D eigenvalue weighted by atomic mass is 10.2. The van der Waals surface area contributed by atoms with E-state index in [1.54, 1.807) is 0 Å². The molecule has 0 saturated carbocycles. The molecule has 0 bridgehead atoms. The van der Waals surface area contributed by atoms with Gasteiger partial charge in [-0.2, -0.15) is 0 Å². The van der Waals surface area contributed by atoms with Crippen LogP contribution in [-0.4, -0.2) is 134 Å². The van der Waals surface area contributed by atoms with Gasteiger partial charge in [0.25, 0.3) is 0 Å². The van der Waals surface area contributed by atoms with Gasteiger partial charge in [0.1, 0.15) is 0 Å². The number of rotatable bonds is 4. The molecule has 0 radical (unpaired) electrons. The van der Waals surface area contributed by atoms with E-state index in [4.69, 9.17) is 59.4 Å². The molecule has 258 valence electrons. The zero-order chi connectivity index (χ0) is 36.6. The predicted molar refractivity (Wildman–Crippen MR) is 144 cm³/mol. The molecule has 2 unspecified atom stereocenters. The number of carboxylic acids is 6. The average Bonchev–Trinajstić information content (AvgIpc) is 3.44. The molecule has 2 saturated heterocycles. The number of carboxylic acid groups (broad SMARTS) is 6. The van der Waals surface area contributed by atoms with E-state index in [-0.39, 0.29) is 11.8 Å². The van der Waals surface area contributed by atoms with E-state index in [1.165, 1.54) is 0 Å². The Labute approximate surface area is 266 Å². The second kappa shape index (κ2) is 25.2. The highest BCUT2D eigenvalue weighted by Gasteiger charge is 2.26. The van der Waals surface area contributed by atoms with Crippen LogP contribution in [0.4, 0.5) is 0 Å². The van der Waals surface area contributed by atoms with Crippen molar-refractivity contribution in [2.45, 2.75) is 51.6 Å². The molecule has 0 N–H and O–H groups in total. The summed E-state index contributed by atoms with van der Waals surface area (Å²) in [5, 5.41) is 53.6. The van der Waals surface area contributed by atoms with Gasteiger partial charge in [-0.3, -0.25) is 19.4 Å². The van der Waals surface area contributed by atoms with E-state index in [1.807, 2.05) is 47.8 Å². The Balaban J connectivity index is -0.000000537. The Morgan fingerprint density at radius 1 is 0.565 bits per heavy atom. The molecule has 2 aliphatic rings. The molecule has 2 heterocycles. The highest BCUT2D eigenvalue weighted by atomic mass is 16.5. The average molecular weight is 653 g/mol. The minimum Gasteiger partial charge on any atom is -0.543 e. The van der Waals surface area contributed by atoms with Crippen molar-refractivity contribution < 1.29 is 69.0 Å². The lowest BCUT2D eigenvalue weighted by molar-refractivity contribution is -0.345. The van der Waals surface area contributed by atoms with Gasteiger partial charge in [0.15, 0.2) is 0 Å². The molecule has 0 spiro atoms. The second-order valence-corrected chi connectivity index (χ2v) is 9.73. The van der Waals surface area contributed by atoms with Crippen molar-refractivity contribution >= 4 is 47.6 Å². The van der Waals surface area contributed by atoms with Gasteiger partial charge >= 0.3 is 0 Å². The van der Waals surface area contributed by atoms with Crippen LogP contribution in [-0.2, 0) is 38.4 Å². The fraction of sp³-hybridized carbons (Fsp3) is 0.571. The molecule has 0 aromatic heterocycles. The Morgan fingerprint density at radius 3 is 0.957 bits per heavy atom. The Kier molecular flexibility index (Phi) is 24.7. The van der Waals surface area contributed by atoms with Crippen LogP contribution >= 0.6 is 0 Å². The number of carbonyl (C=O) groups is 8. The monoisotopic (exact) mass is 652 g/mol. The summed E-state index contributed by atoms with van der Waals surface area (Å²) >= 11 is 0. The van der Waals surface area contributed by atoms with Crippen molar-refractivity contribution in [1.82, 2.24) is 19.6 Å². The topological polar surface area (TPSA) is 288 Å². The first-order chi connectivity index (χ1) is 21.1. The Hall–Kier alpha value is -5.20. The quantitative estimate of drug-likeness (QED) is 0.201. The van der Waals surface area contributed by atoms with Crippen LogP contribution < -0.4 is 30.6 Å². The molecule has 0 aliphatic carbocycles. The minimum absolute atomic E-state index is 0.247. The SMILES string of the molecule is CC1CCC(=O)N1CC#CCN(C)C.CC1CCC(=O)N1CC#CCN(C)C.O=C([O-])C(=O)[O-].O=C([O-])C(=O)[O-].O=C([O-])C(=O)[O-]. The largest absolute Gasteiger partial charge is 0.543 e. The van der Waals surface area contributed by atoms with E-state index in [0.29, 0.717) is 38.0 Å². The number of amides is 2. The van der Waals surface area contributed by atoms with Gasteiger partial charge in [-0.1, -0.05) is 23.7 Å². The third-order valence-corrected chi connectivity index (χ3v) is 5.30. The second-order valence-electron chi connectivity index (χ2n) is 9.73. The predicted octanol–water partition coefficient (Wildman–Crippen LogP) is -9.42. The number of carbonyl (C=O) groups excluding carboxylic acids is 8. The highest BCUT2D eigenvalue weighted by Crippen LogP contribution is 2.17. The molecule has 2 atom stereocenters. The molecule has 2 fully saturated rings. The number of likely N-dealkylation sites (tertiary alicyclic amines) is 2. The zero-order valence-electron chi connectivity index (χ0n) is 26.3. The van der Waals surface area contributed by atoms with Crippen molar-refractivity contribution in [3.63, 3.8) is 0 Å². The van der Waals surface area contributed by atoms with E-state index in [2.05, 4.69) is 37.5 Å². The summed E-state index contributed by atoms with van der Waals surface area (Å²) in [5.41, 5.74) is 0. The summed E-state index contributed by atoms with van der Waals surface area (Å²) in [6.07, 6.45) is 3.34. The molecular weight excluding hydrogens is 616 g/mol. The van der Waals surface area contributed by atoms with Crippen molar-refractivity contribution in [1.29, 1.82) is 0 Å². The first-order valence-electron chi connectivity index (χ1n) is 13.2. The van der Waals surface area contributed by atoms with Crippen LogP contribution in [0.25, 0.3) is 0 Å². The van der Waals surface area contributed by atoms with Crippen molar-refractivity contribution in [2.75, 3.05) is 54.4 Å². The van der Waals surface area contributed by atoms with Gasteiger partial charge < -0.3 is 69.2 Å². The fourth-order valence-corrected chi connectivity index (χ4v) is 2.95. The fourth-order valence-electron chi connectivity index (χ4n) is 2.95. The van der Waals surface area contributed by atoms with Crippen LogP contribution in [0.1, 0.15) is 39.5 Å². The lowest BCUT2D eigenvalue weighted by Crippen LogP contribution is -2.42. The van der Waals surface area contributed by atoms with Crippen LogP contribution in [0.2, 0.25) is 0 Å². The van der Waals surface area contributed by atoms with Gasteiger partial charge in [-0.05, 0) is 54.9 Å². The smallest absolute Gasteiger partial charge is 0.223 e. The van der Waals surface area contributed by atoms with E-state index in [9.17, 15) is 9.59 Å². The summed E-state index contributed by atoms with van der Waals surface area (Å²) in [5.74, 6) is -0.482. The number of hydrogen-bond acceptors (Lipinski definition) is 16. The molecule has 46 heavy (non-hydrogen) atoms. The number of aliphatic carboxylic acids is 6. The van der Waals surface area contributed by atoms with Gasteiger partial charge in [0.2, 0.25) is 11.8 Å². The normalized spacial score (nSPS) is 15.8. The first kappa shape index (κ1) is 45.2. The lowest BCUT2D eigenvalue weighted by Gasteiger charge is -2.18. The summed E-state index contributed by atoms with van der Waals surface area (Å²) in [6, 6.07) is 0.743. The molecule has 2 rings (SSSR count). The van der Waals surface area contributed by atoms with Gasteiger partial charge in [0, 0.05) is 24.9 Å². The summed E-state index contributed by atoms with van der Waals surface area (Å²) in [4.78, 5) is 84.0. The van der Waals surface area contributed by atoms with Crippen molar-refractivity contribution in [3.05, 3.63) is 0 Å². The molecule has 18 nitrogen and oxygen atoms in total. The standard InChI is InChI=1S/2C11H18N2O.3C2H2O4/c2*1-10-6-7-11(14)13(10)9-5-4-8-12(2)3;3*3-1(4)2(5)6/h2*10H,6-9H2,1-3H3;3*(H,3,4)(H,5,6)/p-6. The van der Waals surface area contributed by atoms with Gasteiger partial charge in [-0.15, -0.1) is 0 Å². The van der Waals surface area contributed by atoms with Crippen LogP contribution in [0.3, 0.4) is 0 Å². The van der Waals surface area contributed by atoms with Crippen LogP contribution in [0, 0.1) is 23.7 Å². The molecule has 0 aromatic carbocycles. The summed E-state index contributed by atoms with van der Waals surface area (Å²) < 4.78 is 0. The molecule has 0 aromatic rings. The van der Waals surface area contributed by atoms with Crippen molar-refractivity contribution in [3.8, 4) is 23.7 Å². The highest BCUT2D eigenvalue weighted by molar-refractivity contribution is 6.25. The Morgan fingerprint density at radius 2 is 0.804 bits per heavy atom. The molecule has 2 amide bonds. The third kappa shape index (κ3) is 25.3. The molecule has 2 aliphatic heterocycles. The van der Waals surface area contributed by atoms with E-state index in [0.717, 1.165) is 25.9 Å². The van der Waals surface area contributed by atoms with E-state index < -0.39 is 35.8 Å². The summed E-state index contributed by atoms with van der Waals surface area (Å²) in [7, 11) is 7.94. The minimum atomic E-state index is -2.19. The van der Waals surface area contributed by atoms with Crippen molar-refractivity contribution in [2.24, 2.45) is 0 Å². The maximum Gasteiger partial charge on any atom is 0.223 e. The van der Waals surface area contributed by atoms with E-state index >= 15 is 0 Å². The molecular formula is C28H36N4O14-6. The van der Waals surface area contributed by atoms with Gasteiger partial charge in [-0.25, -0.2) is 0 Å². The summed E-state index contributed by atoms with van der Waals surface area (Å²) in [6.45, 7) is 6.87. The zero-order valence-corrected chi connectivity index (χ0v) is 26.3. The number of hydrogen-bond donors (Lipinski definition) is 0. The van der Waals surface area contributed by atoms with Crippen LogP contribution in [0.15, 0.2) is 0 Å². The number of nitrogens with zero attached hydrogens (tertiary/aromatic N) is 4. The molecule has 18 heteroatoms. The van der Waals surface area contributed by atoms with Crippen LogP contribution in [0.5, 0.6) is 0 Å². The van der Waals surface area contributed by atoms with Gasteiger partial charge in [0.05, 0.1) is 62.0 Å². The first-order valence-corrected chi connectivity index (χ1v) is 13.2. The third-order valence-electron chi connectivity index (χ3n) is 5.30. The Bertz CT molecular complexity index is 1040. The maximum absolute atomic E-state index is 11.4.